The highest BCUT2D eigenvalue weighted by atomic mass is 19.4. The molecular weight excluding hydrogens is 405 g/mol. The van der Waals surface area contributed by atoms with Gasteiger partial charge in [0.2, 0.25) is 0 Å². The molecule has 0 saturated heterocycles. The third-order valence-electron chi connectivity index (χ3n) is 4.84. The van der Waals surface area contributed by atoms with Crippen molar-refractivity contribution in [2.24, 2.45) is 0 Å². The molecule has 0 radical (unpaired) electrons. The molecule has 6 nitrogen and oxygen atoms in total. The summed E-state index contributed by atoms with van der Waals surface area (Å²) in [7, 11) is 0. The maximum Gasteiger partial charge on any atom is 0.416 e. The maximum atomic E-state index is 12.7. The fourth-order valence-corrected chi connectivity index (χ4v) is 3.32. The monoisotopic (exact) mass is 424 g/mol. The first-order valence-corrected chi connectivity index (χ1v) is 9.51. The van der Waals surface area contributed by atoms with Crippen molar-refractivity contribution in [1.82, 2.24) is 24.7 Å². The topological polar surface area (TPSA) is 68.5 Å². The number of hydrogen-bond acceptors (Lipinski definition) is 5. The van der Waals surface area contributed by atoms with Crippen LogP contribution in [0.1, 0.15) is 22.5 Å². The summed E-state index contributed by atoms with van der Waals surface area (Å²) in [5.74, 6) is 0.429. The number of anilines is 2. The Morgan fingerprint density at radius 2 is 1.65 bits per heavy atom. The quantitative estimate of drug-likeness (QED) is 0.479. The molecule has 158 valence electrons. The SMILES string of the molecule is Cc1nn(Cc2ccncc2)c(C)c1-c1cncc(Nc2ccc(C(F)(F)F)cc2)n1. The number of hydrogen-bond donors (Lipinski definition) is 1. The van der Waals surface area contributed by atoms with Crippen molar-refractivity contribution in [3.05, 3.63) is 83.7 Å². The highest BCUT2D eigenvalue weighted by Gasteiger charge is 2.29. The predicted octanol–water partition coefficient (Wildman–Crippen LogP) is 5.16. The average Bonchev–Trinajstić information content (AvgIpc) is 3.01. The van der Waals surface area contributed by atoms with E-state index < -0.39 is 11.7 Å². The van der Waals surface area contributed by atoms with E-state index in [0.29, 0.717) is 23.7 Å². The molecule has 4 rings (SSSR count). The summed E-state index contributed by atoms with van der Waals surface area (Å²) in [6.45, 7) is 4.48. The van der Waals surface area contributed by atoms with E-state index in [2.05, 4.69) is 25.4 Å². The first-order chi connectivity index (χ1) is 14.8. The van der Waals surface area contributed by atoms with Crippen molar-refractivity contribution in [3.63, 3.8) is 0 Å². The number of benzene rings is 1. The van der Waals surface area contributed by atoms with Gasteiger partial charge in [0.25, 0.3) is 0 Å². The molecule has 0 amide bonds. The van der Waals surface area contributed by atoms with E-state index in [1.54, 1.807) is 18.6 Å². The Hall–Kier alpha value is -3.75. The van der Waals surface area contributed by atoms with Crippen LogP contribution in [0.2, 0.25) is 0 Å². The summed E-state index contributed by atoms with van der Waals surface area (Å²) in [4.78, 5) is 12.9. The van der Waals surface area contributed by atoms with Crippen LogP contribution < -0.4 is 5.32 Å². The second-order valence-electron chi connectivity index (χ2n) is 7.05. The first kappa shape index (κ1) is 20.5. The Morgan fingerprint density at radius 1 is 0.935 bits per heavy atom. The van der Waals surface area contributed by atoms with Crippen LogP contribution in [0, 0.1) is 13.8 Å². The van der Waals surface area contributed by atoms with Crippen molar-refractivity contribution >= 4 is 11.5 Å². The molecule has 0 atom stereocenters. The summed E-state index contributed by atoms with van der Waals surface area (Å²) in [5, 5.41) is 7.63. The number of alkyl halides is 3. The number of halogens is 3. The van der Waals surface area contributed by atoms with Gasteiger partial charge in [0.15, 0.2) is 0 Å². The smallest absolute Gasteiger partial charge is 0.339 e. The minimum absolute atomic E-state index is 0.429. The number of nitrogens with zero attached hydrogens (tertiary/aromatic N) is 5. The van der Waals surface area contributed by atoms with Gasteiger partial charge in [0.1, 0.15) is 5.82 Å². The highest BCUT2D eigenvalue weighted by molar-refractivity contribution is 5.66. The first-order valence-electron chi connectivity index (χ1n) is 9.51. The molecule has 0 saturated carbocycles. The highest BCUT2D eigenvalue weighted by Crippen LogP contribution is 2.31. The number of pyridine rings is 1. The second kappa shape index (κ2) is 8.17. The standard InChI is InChI=1S/C22H19F3N6/c1-14-21(15(2)31(30-14)13-16-7-9-26-10-8-16)19-11-27-12-20(29-19)28-18-5-3-17(4-6-18)22(23,24)25/h3-12H,13H2,1-2H3,(H,28,29). The fourth-order valence-electron chi connectivity index (χ4n) is 3.32. The van der Waals surface area contributed by atoms with Gasteiger partial charge in [-0.2, -0.15) is 18.3 Å². The van der Waals surface area contributed by atoms with Gasteiger partial charge in [-0.25, -0.2) is 4.98 Å². The van der Waals surface area contributed by atoms with Gasteiger partial charge in [-0.1, -0.05) is 0 Å². The van der Waals surface area contributed by atoms with E-state index in [1.165, 1.54) is 18.3 Å². The zero-order chi connectivity index (χ0) is 22.0. The van der Waals surface area contributed by atoms with Crippen molar-refractivity contribution in [2.45, 2.75) is 26.6 Å². The van der Waals surface area contributed by atoms with Gasteiger partial charge in [-0.05, 0) is 55.8 Å². The minimum atomic E-state index is -4.37. The lowest BCUT2D eigenvalue weighted by Crippen LogP contribution is -2.05. The molecule has 0 aliphatic rings. The van der Waals surface area contributed by atoms with Crippen molar-refractivity contribution in [2.75, 3.05) is 5.32 Å². The summed E-state index contributed by atoms with van der Waals surface area (Å²) in [6, 6.07) is 8.64. The normalized spacial score (nSPS) is 11.5. The summed E-state index contributed by atoms with van der Waals surface area (Å²) in [5.41, 5.74) is 4.12. The van der Waals surface area contributed by atoms with Crippen LogP contribution in [0.5, 0.6) is 0 Å². The number of aromatic nitrogens is 5. The third kappa shape index (κ3) is 4.55. The molecule has 0 aliphatic heterocycles. The van der Waals surface area contributed by atoms with E-state index in [9.17, 15) is 13.2 Å². The summed E-state index contributed by atoms with van der Waals surface area (Å²) < 4.78 is 40.1. The summed E-state index contributed by atoms with van der Waals surface area (Å²) in [6.07, 6.45) is 2.27. The largest absolute Gasteiger partial charge is 0.416 e. The van der Waals surface area contributed by atoms with E-state index >= 15 is 0 Å². The Labute approximate surface area is 176 Å². The van der Waals surface area contributed by atoms with Gasteiger partial charge in [-0.15, -0.1) is 0 Å². The molecule has 1 N–H and O–H groups in total. The molecule has 3 aromatic heterocycles. The van der Waals surface area contributed by atoms with Gasteiger partial charge in [0.05, 0.1) is 35.9 Å². The molecule has 0 bridgehead atoms. The van der Waals surface area contributed by atoms with Crippen molar-refractivity contribution in [1.29, 1.82) is 0 Å². The second-order valence-corrected chi connectivity index (χ2v) is 7.05. The molecule has 0 aliphatic carbocycles. The fraction of sp³-hybridized carbons (Fsp3) is 0.182. The minimum Gasteiger partial charge on any atom is -0.339 e. The number of aryl methyl sites for hydroxylation is 1. The van der Waals surface area contributed by atoms with Crippen LogP contribution in [0.25, 0.3) is 11.3 Å². The van der Waals surface area contributed by atoms with Crippen molar-refractivity contribution in [3.8, 4) is 11.3 Å². The van der Waals surface area contributed by atoms with Gasteiger partial charge in [-0.3, -0.25) is 14.6 Å². The molecule has 0 spiro atoms. The molecule has 0 unspecified atom stereocenters. The van der Waals surface area contributed by atoms with E-state index in [0.717, 1.165) is 34.6 Å². The van der Waals surface area contributed by atoms with Crippen LogP contribution >= 0.6 is 0 Å². The number of rotatable bonds is 5. The lowest BCUT2D eigenvalue weighted by Gasteiger charge is -2.10. The lowest BCUT2D eigenvalue weighted by atomic mass is 10.1. The van der Waals surface area contributed by atoms with E-state index in [-0.39, 0.29) is 0 Å². The Bertz CT molecular complexity index is 1180. The lowest BCUT2D eigenvalue weighted by molar-refractivity contribution is -0.137. The molecule has 31 heavy (non-hydrogen) atoms. The zero-order valence-corrected chi connectivity index (χ0v) is 16.9. The van der Waals surface area contributed by atoms with Crippen LogP contribution in [0.4, 0.5) is 24.7 Å². The van der Waals surface area contributed by atoms with Gasteiger partial charge < -0.3 is 5.32 Å². The average molecular weight is 424 g/mol. The van der Waals surface area contributed by atoms with Crippen LogP contribution in [0.15, 0.2) is 61.2 Å². The van der Waals surface area contributed by atoms with Crippen LogP contribution in [0.3, 0.4) is 0 Å². The van der Waals surface area contributed by atoms with E-state index in [1.807, 2.05) is 30.7 Å². The molecule has 0 fully saturated rings. The summed E-state index contributed by atoms with van der Waals surface area (Å²) >= 11 is 0. The van der Waals surface area contributed by atoms with E-state index in [4.69, 9.17) is 0 Å². The Kier molecular flexibility index (Phi) is 5.41. The molecule has 3 heterocycles. The Morgan fingerprint density at radius 3 is 2.32 bits per heavy atom. The molecular formula is C22H19F3N6. The van der Waals surface area contributed by atoms with Crippen LogP contribution in [-0.4, -0.2) is 24.7 Å². The third-order valence-corrected chi connectivity index (χ3v) is 4.84. The number of nitrogens with one attached hydrogen (secondary N) is 1. The van der Waals surface area contributed by atoms with Gasteiger partial charge >= 0.3 is 6.18 Å². The van der Waals surface area contributed by atoms with Crippen LogP contribution in [-0.2, 0) is 12.7 Å². The molecule has 4 aromatic rings. The zero-order valence-electron chi connectivity index (χ0n) is 16.9. The maximum absolute atomic E-state index is 12.7. The predicted molar refractivity (Wildman–Crippen MR) is 111 cm³/mol. The Balaban J connectivity index is 1.58. The molecule has 1 aromatic carbocycles. The van der Waals surface area contributed by atoms with Crippen molar-refractivity contribution < 1.29 is 13.2 Å². The molecule has 9 heteroatoms. The van der Waals surface area contributed by atoms with Gasteiger partial charge in [0, 0.05) is 29.3 Å².